The fourth-order valence-electron chi connectivity index (χ4n) is 4.34. The molecule has 1 aliphatic heterocycles. The molecule has 3 aromatic carbocycles. The first kappa shape index (κ1) is 23.4. The molecule has 6 nitrogen and oxygen atoms in total. The Labute approximate surface area is 200 Å². The lowest BCUT2D eigenvalue weighted by molar-refractivity contribution is -0.138. The maximum atomic E-state index is 13.1. The van der Waals surface area contributed by atoms with Crippen molar-refractivity contribution >= 4 is 17.5 Å². The largest absolute Gasteiger partial charge is 0.496 e. The first-order valence-electron chi connectivity index (χ1n) is 11.6. The van der Waals surface area contributed by atoms with Crippen LogP contribution in [-0.4, -0.2) is 29.9 Å². The highest BCUT2D eigenvalue weighted by Crippen LogP contribution is 2.31. The van der Waals surface area contributed by atoms with Crippen LogP contribution in [0.1, 0.15) is 42.9 Å². The van der Waals surface area contributed by atoms with Crippen molar-refractivity contribution in [1.29, 1.82) is 0 Å². The van der Waals surface area contributed by atoms with Crippen LogP contribution < -0.4 is 14.8 Å². The van der Waals surface area contributed by atoms with Crippen LogP contribution in [0.2, 0.25) is 0 Å². The number of ether oxygens (including phenoxy) is 2. The summed E-state index contributed by atoms with van der Waals surface area (Å²) in [5, 5.41) is 3.05. The zero-order valence-electron chi connectivity index (χ0n) is 19.8. The van der Waals surface area contributed by atoms with E-state index in [9.17, 15) is 9.59 Å². The molecule has 6 heteroatoms. The highest BCUT2D eigenvalue weighted by Gasteiger charge is 2.29. The molecule has 1 aliphatic rings. The maximum Gasteiger partial charge on any atom is 0.263 e. The van der Waals surface area contributed by atoms with E-state index in [0.29, 0.717) is 30.9 Å². The molecule has 2 amide bonds. The Balaban J connectivity index is 1.56. The molecule has 0 saturated carbocycles. The lowest BCUT2D eigenvalue weighted by atomic mass is 9.95. The normalized spacial score (nSPS) is 16.1. The number of hydrogen-bond donors (Lipinski definition) is 1. The van der Waals surface area contributed by atoms with Gasteiger partial charge in [-0.15, -0.1) is 0 Å². The van der Waals surface area contributed by atoms with Gasteiger partial charge in [0.1, 0.15) is 11.5 Å². The summed E-state index contributed by atoms with van der Waals surface area (Å²) in [5.74, 6) is 0.999. The molecule has 0 saturated heterocycles. The van der Waals surface area contributed by atoms with Gasteiger partial charge < -0.3 is 19.7 Å². The molecule has 0 aliphatic carbocycles. The van der Waals surface area contributed by atoms with Crippen molar-refractivity contribution in [3.8, 4) is 11.5 Å². The summed E-state index contributed by atoms with van der Waals surface area (Å²) in [4.78, 5) is 27.9. The number of para-hydroxylation sites is 1. The van der Waals surface area contributed by atoms with Crippen LogP contribution in [0.3, 0.4) is 0 Å². The topological polar surface area (TPSA) is 67.9 Å². The maximum absolute atomic E-state index is 13.1. The molecule has 0 aromatic heterocycles. The predicted octanol–water partition coefficient (Wildman–Crippen LogP) is 5.14. The number of hydrogen-bond acceptors (Lipinski definition) is 4. The Morgan fingerprint density at radius 2 is 1.85 bits per heavy atom. The second-order valence-corrected chi connectivity index (χ2v) is 8.45. The average Bonchev–Trinajstić information content (AvgIpc) is 2.96. The summed E-state index contributed by atoms with van der Waals surface area (Å²) in [5.41, 5.74) is 3.44. The second-order valence-electron chi connectivity index (χ2n) is 8.45. The third-order valence-electron chi connectivity index (χ3n) is 6.13. The van der Waals surface area contributed by atoms with Crippen molar-refractivity contribution in [3.05, 3.63) is 89.5 Å². The third-order valence-corrected chi connectivity index (χ3v) is 6.13. The van der Waals surface area contributed by atoms with E-state index in [4.69, 9.17) is 9.47 Å². The van der Waals surface area contributed by atoms with Gasteiger partial charge in [0, 0.05) is 29.9 Å². The summed E-state index contributed by atoms with van der Waals surface area (Å²) in [6.45, 7) is 4.54. The average molecular weight is 459 g/mol. The number of benzene rings is 3. The Morgan fingerprint density at radius 1 is 1.12 bits per heavy atom. The number of fused-ring (bicyclic) bond motifs is 1. The molecule has 1 heterocycles. The van der Waals surface area contributed by atoms with Crippen molar-refractivity contribution < 1.29 is 19.1 Å². The number of rotatable bonds is 7. The fraction of sp³-hybridized carbons (Fsp3) is 0.286. The van der Waals surface area contributed by atoms with Gasteiger partial charge in [0.15, 0.2) is 6.10 Å². The van der Waals surface area contributed by atoms with Crippen molar-refractivity contribution in [2.75, 3.05) is 12.4 Å². The van der Waals surface area contributed by atoms with Gasteiger partial charge >= 0.3 is 0 Å². The minimum absolute atomic E-state index is 0.0569. The number of nitrogens with zero attached hydrogens (tertiary/aromatic N) is 1. The quantitative estimate of drug-likeness (QED) is 0.533. The van der Waals surface area contributed by atoms with E-state index >= 15 is 0 Å². The molecule has 1 N–H and O–H groups in total. The van der Waals surface area contributed by atoms with E-state index in [0.717, 1.165) is 22.4 Å². The molecule has 0 unspecified atom stereocenters. The molecule has 3 aromatic rings. The monoisotopic (exact) mass is 458 g/mol. The summed E-state index contributed by atoms with van der Waals surface area (Å²) in [7, 11) is 1.62. The summed E-state index contributed by atoms with van der Waals surface area (Å²) < 4.78 is 11.4. The summed E-state index contributed by atoms with van der Waals surface area (Å²) in [6, 6.07) is 23.0. The highest BCUT2D eigenvalue weighted by molar-refractivity contribution is 5.96. The van der Waals surface area contributed by atoms with Gasteiger partial charge in [-0.25, -0.2) is 0 Å². The van der Waals surface area contributed by atoms with Crippen LogP contribution in [0, 0.1) is 0 Å². The molecule has 0 fully saturated rings. The molecular formula is C28H30N2O4. The Kier molecular flexibility index (Phi) is 7.16. The number of amides is 2. The molecule has 2 atom stereocenters. The number of carbonyl (C=O) groups is 2. The van der Waals surface area contributed by atoms with Crippen LogP contribution in [0.25, 0.3) is 0 Å². The first-order chi connectivity index (χ1) is 16.5. The smallest absolute Gasteiger partial charge is 0.263 e. The summed E-state index contributed by atoms with van der Waals surface area (Å²) in [6.07, 6.45) is 0.0849. The highest BCUT2D eigenvalue weighted by atomic mass is 16.5. The molecule has 0 bridgehead atoms. The van der Waals surface area contributed by atoms with Crippen LogP contribution in [0.4, 0.5) is 5.69 Å². The van der Waals surface area contributed by atoms with E-state index in [1.807, 2.05) is 79.7 Å². The minimum Gasteiger partial charge on any atom is -0.496 e. The van der Waals surface area contributed by atoms with Gasteiger partial charge in [0.2, 0.25) is 5.91 Å². The van der Waals surface area contributed by atoms with Crippen molar-refractivity contribution in [3.63, 3.8) is 0 Å². The Bertz CT molecular complexity index is 1160. The molecule has 0 spiro atoms. The van der Waals surface area contributed by atoms with Crippen LogP contribution in [0.5, 0.6) is 11.5 Å². The minimum atomic E-state index is -0.612. The molecule has 176 valence electrons. The molecule has 34 heavy (non-hydrogen) atoms. The van der Waals surface area contributed by atoms with Gasteiger partial charge in [-0.2, -0.15) is 0 Å². The molecule has 4 rings (SSSR count). The van der Waals surface area contributed by atoms with Gasteiger partial charge in [-0.3, -0.25) is 9.59 Å². The van der Waals surface area contributed by atoms with E-state index in [2.05, 4.69) is 5.32 Å². The van der Waals surface area contributed by atoms with Crippen LogP contribution in [-0.2, 0) is 22.7 Å². The van der Waals surface area contributed by atoms with Gasteiger partial charge in [-0.1, -0.05) is 55.5 Å². The number of carbonyl (C=O) groups excluding carboxylic acids is 2. The second kappa shape index (κ2) is 10.4. The zero-order chi connectivity index (χ0) is 24.1. The van der Waals surface area contributed by atoms with Gasteiger partial charge in [-0.05, 0) is 43.2 Å². The number of anilines is 1. The SMILES string of the molecule is CC[C@@H](C(=O)Nc1ccc2c(c1)CN(Cc1ccccc1OC)C(=O)[C@H](C)O2)c1ccccc1. The lowest BCUT2D eigenvalue weighted by Gasteiger charge is -2.23. The summed E-state index contributed by atoms with van der Waals surface area (Å²) >= 11 is 0. The number of nitrogens with one attached hydrogen (secondary N) is 1. The van der Waals surface area contributed by atoms with Crippen molar-refractivity contribution in [1.82, 2.24) is 4.90 Å². The first-order valence-corrected chi connectivity index (χ1v) is 11.6. The van der Waals surface area contributed by atoms with Crippen molar-refractivity contribution in [2.45, 2.75) is 45.4 Å². The van der Waals surface area contributed by atoms with Gasteiger partial charge in [0.05, 0.1) is 13.0 Å². The molecular weight excluding hydrogens is 428 g/mol. The fourth-order valence-corrected chi connectivity index (χ4v) is 4.34. The van der Waals surface area contributed by atoms with E-state index in [-0.39, 0.29) is 17.7 Å². The molecule has 0 radical (unpaired) electrons. The third kappa shape index (κ3) is 5.06. The Morgan fingerprint density at radius 3 is 2.59 bits per heavy atom. The van der Waals surface area contributed by atoms with Crippen LogP contribution in [0.15, 0.2) is 72.8 Å². The van der Waals surface area contributed by atoms with Crippen molar-refractivity contribution in [2.24, 2.45) is 0 Å². The van der Waals surface area contributed by atoms with E-state index in [1.165, 1.54) is 0 Å². The standard InChI is InChI=1S/C28H30N2O4/c1-4-24(20-10-6-5-7-11-20)27(31)29-23-14-15-26-22(16-23)18-30(28(32)19(2)34-26)17-21-12-8-9-13-25(21)33-3/h5-16,19,24H,4,17-18H2,1-3H3,(H,29,31)/t19-,24+/m0/s1. The number of methoxy groups -OCH3 is 1. The van der Waals surface area contributed by atoms with E-state index < -0.39 is 6.10 Å². The van der Waals surface area contributed by atoms with Gasteiger partial charge in [0.25, 0.3) is 5.91 Å². The Hall–Kier alpha value is -3.80. The predicted molar refractivity (Wildman–Crippen MR) is 132 cm³/mol. The zero-order valence-corrected chi connectivity index (χ0v) is 19.8. The van der Waals surface area contributed by atoms with E-state index in [1.54, 1.807) is 18.9 Å². The van der Waals surface area contributed by atoms with Crippen LogP contribution >= 0.6 is 0 Å². The lowest BCUT2D eigenvalue weighted by Crippen LogP contribution is -2.37.